The van der Waals surface area contributed by atoms with Crippen LogP contribution in [0.1, 0.15) is 21.5 Å². The van der Waals surface area contributed by atoms with Gasteiger partial charge >= 0.3 is 0 Å². The molecule has 1 N–H and O–H groups in total. The van der Waals surface area contributed by atoms with Crippen molar-refractivity contribution in [1.29, 1.82) is 5.26 Å². The molecule has 0 atom stereocenters. The molecule has 1 aromatic heterocycles. The molecule has 23 heavy (non-hydrogen) atoms. The van der Waals surface area contributed by atoms with Crippen LogP contribution in [0.15, 0.2) is 61.2 Å². The number of nitriles is 1. The molecule has 0 unspecified atom stereocenters. The molecule has 2 aromatic carbocycles. The molecule has 112 valence electrons. The molecular weight excluding hydrogens is 290 g/mol. The number of aromatic nitrogens is 3. The van der Waals surface area contributed by atoms with Gasteiger partial charge in [-0.1, -0.05) is 12.1 Å². The van der Waals surface area contributed by atoms with Crippen molar-refractivity contribution in [1.82, 2.24) is 14.8 Å². The minimum Gasteiger partial charge on any atom is -0.322 e. The summed E-state index contributed by atoms with van der Waals surface area (Å²) in [7, 11) is 0. The fraction of sp³-hybridized carbons (Fsp3) is 0.0588. The van der Waals surface area contributed by atoms with Gasteiger partial charge in [0.1, 0.15) is 12.7 Å². The van der Waals surface area contributed by atoms with Crippen LogP contribution in [0.3, 0.4) is 0 Å². The first-order valence-electron chi connectivity index (χ1n) is 6.97. The highest BCUT2D eigenvalue weighted by Gasteiger charge is 2.06. The number of nitrogens with one attached hydrogen (secondary N) is 1. The van der Waals surface area contributed by atoms with Crippen LogP contribution < -0.4 is 5.32 Å². The highest BCUT2D eigenvalue weighted by Crippen LogP contribution is 2.12. The van der Waals surface area contributed by atoms with Crippen LogP contribution in [0.2, 0.25) is 0 Å². The first kappa shape index (κ1) is 14.5. The number of hydrogen-bond donors (Lipinski definition) is 1. The number of carbonyl (C=O) groups is 1. The maximum atomic E-state index is 12.2. The van der Waals surface area contributed by atoms with Crippen LogP contribution in [0, 0.1) is 11.3 Å². The van der Waals surface area contributed by atoms with Gasteiger partial charge in [0, 0.05) is 11.3 Å². The van der Waals surface area contributed by atoms with Gasteiger partial charge in [-0.3, -0.25) is 4.79 Å². The Bertz CT molecular complexity index is 830. The van der Waals surface area contributed by atoms with Gasteiger partial charge in [-0.25, -0.2) is 9.67 Å². The van der Waals surface area contributed by atoms with E-state index in [1.807, 2.05) is 18.2 Å². The summed E-state index contributed by atoms with van der Waals surface area (Å²) in [6.07, 6.45) is 3.13. The van der Waals surface area contributed by atoms with E-state index in [0.29, 0.717) is 23.4 Å². The second kappa shape index (κ2) is 6.54. The van der Waals surface area contributed by atoms with E-state index in [1.165, 1.54) is 6.33 Å². The monoisotopic (exact) mass is 303 g/mol. The van der Waals surface area contributed by atoms with Gasteiger partial charge in [-0.05, 0) is 42.0 Å². The Balaban J connectivity index is 1.66. The Kier molecular flexibility index (Phi) is 4.11. The SMILES string of the molecule is N#Cc1ccc(NC(=O)c2ccc(Cn3cncn3)cc2)cc1. The van der Waals surface area contributed by atoms with E-state index in [9.17, 15) is 4.79 Å². The molecule has 0 saturated heterocycles. The van der Waals surface area contributed by atoms with Gasteiger partial charge < -0.3 is 5.32 Å². The fourth-order valence-corrected chi connectivity index (χ4v) is 2.09. The number of benzene rings is 2. The molecule has 0 radical (unpaired) electrons. The van der Waals surface area contributed by atoms with Crippen LogP contribution in [0.4, 0.5) is 5.69 Å². The molecule has 0 aliphatic heterocycles. The maximum absolute atomic E-state index is 12.2. The van der Waals surface area contributed by atoms with E-state index >= 15 is 0 Å². The van der Waals surface area contributed by atoms with Gasteiger partial charge in [-0.15, -0.1) is 0 Å². The third-order valence-corrected chi connectivity index (χ3v) is 3.30. The summed E-state index contributed by atoms with van der Waals surface area (Å²) < 4.78 is 1.71. The smallest absolute Gasteiger partial charge is 0.255 e. The van der Waals surface area contributed by atoms with E-state index in [0.717, 1.165) is 5.56 Å². The van der Waals surface area contributed by atoms with Crippen molar-refractivity contribution in [2.75, 3.05) is 5.32 Å². The van der Waals surface area contributed by atoms with Crippen LogP contribution >= 0.6 is 0 Å². The van der Waals surface area contributed by atoms with Crippen molar-refractivity contribution in [3.8, 4) is 6.07 Å². The third kappa shape index (κ3) is 3.60. The maximum Gasteiger partial charge on any atom is 0.255 e. The van der Waals surface area contributed by atoms with Crippen molar-refractivity contribution in [2.45, 2.75) is 6.54 Å². The van der Waals surface area contributed by atoms with Gasteiger partial charge in [-0.2, -0.15) is 10.4 Å². The van der Waals surface area contributed by atoms with Crippen molar-refractivity contribution in [2.24, 2.45) is 0 Å². The number of anilines is 1. The summed E-state index contributed by atoms with van der Waals surface area (Å²) in [6.45, 7) is 0.609. The van der Waals surface area contributed by atoms with Crippen molar-refractivity contribution < 1.29 is 4.79 Å². The Morgan fingerprint density at radius 1 is 1.13 bits per heavy atom. The molecule has 3 rings (SSSR count). The molecule has 1 amide bonds. The number of amides is 1. The highest BCUT2D eigenvalue weighted by atomic mass is 16.1. The average Bonchev–Trinajstić information content (AvgIpc) is 3.09. The molecule has 0 fully saturated rings. The highest BCUT2D eigenvalue weighted by molar-refractivity contribution is 6.04. The third-order valence-electron chi connectivity index (χ3n) is 3.30. The summed E-state index contributed by atoms with van der Waals surface area (Å²) in [5.41, 5.74) is 2.81. The Morgan fingerprint density at radius 2 is 1.87 bits per heavy atom. The van der Waals surface area contributed by atoms with Gasteiger partial charge in [0.25, 0.3) is 5.91 Å². The quantitative estimate of drug-likeness (QED) is 0.802. The van der Waals surface area contributed by atoms with Crippen molar-refractivity contribution in [3.05, 3.63) is 77.9 Å². The molecule has 0 bridgehead atoms. The van der Waals surface area contributed by atoms with Gasteiger partial charge in [0.05, 0.1) is 18.2 Å². The number of hydrogen-bond acceptors (Lipinski definition) is 4. The van der Waals surface area contributed by atoms with E-state index < -0.39 is 0 Å². The van der Waals surface area contributed by atoms with Gasteiger partial charge in [0.15, 0.2) is 0 Å². The first-order chi connectivity index (χ1) is 11.2. The van der Waals surface area contributed by atoms with Crippen LogP contribution in [-0.4, -0.2) is 20.7 Å². The average molecular weight is 303 g/mol. The first-order valence-corrected chi connectivity index (χ1v) is 6.97. The molecule has 0 aliphatic carbocycles. The lowest BCUT2D eigenvalue weighted by Crippen LogP contribution is -2.12. The zero-order valence-electron chi connectivity index (χ0n) is 12.2. The predicted octanol–water partition coefficient (Wildman–Crippen LogP) is 2.45. The summed E-state index contributed by atoms with van der Waals surface area (Å²) in [6, 6.07) is 16.1. The molecule has 1 heterocycles. The normalized spacial score (nSPS) is 10.0. The molecule has 6 heteroatoms. The summed E-state index contributed by atoms with van der Waals surface area (Å²) in [5, 5.41) is 15.6. The number of nitrogens with zero attached hydrogens (tertiary/aromatic N) is 4. The molecule has 0 spiro atoms. The standard InChI is InChI=1S/C17H13N5O/c18-9-13-3-7-16(8-4-13)21-17(23)15-5-1-14(2-6-15)10-22-12-19-11-20-22/h1-8,11-12H,10H2,(H,21,23). The lowest BCUT2D eigenvalue weighted by atomic mass is 10.1. The molecular formula is C17H13N5O. The van der Waals surface area contributed by atoms with Gasteiger partial charge in [0.2, 0.25) is 0 Å². The van der Waals surface area contributed by atoms with Crippen molar-refractivity contribution >= 4 is 11.6 Å². The molecule has 0 saturated carbocycles. The zero-order valence-corrected chi connectivity index (χ0v) is 12.2. The molecule has 0 aliphatic rings. The topological polar surface area (TPSA) is 83.6 Å². The largest absolute Gasteiger partial charge is 0.322 e. The van der Waals surface area contributed by atoms with E-state index in [4.69, 9.17) is 5.26 Å². The lowest BCUT2D eigenvalue weighted by Gasteiger charge is -2.06. The zero-order chi connectivity index (χ0) is 16.1. The molecule has 6 nitrogen and oxygen atoms in total. The minimum absolute atomic E-state index is 0.193. The number of carbonyl (C=O) groups excluding carboxylic acids is 1. The second-order valence-electron chi connectivity index (χ2n) is 4.93. The summed E-state index contributed by atoms with van der Waals surface area (Å²) >= 11 is 0. The summed E-state index contributed by atoms with van der Waals surface area (Å²) in [5.74, 6) is -0.193. The lowest BCUT2D eigenvalue weighted by molar-refractivity contribution is 0.102. The van der Waals surface area contributed by atoms with E-state index in [2.05, 4.69) is 15.4 Å². The molecule has 3 aromatic rings. The fourth-order valence-electron chi connectivity index (χ4n) is 2.09. The minimum atomic E-state index is -0.193. The number of rotatable bonds is 4. The Morgan fingerprint density at radius 3 is 2.48 bits per heavy atom. The Labute approximate surface area is 133 Å². The van der Waals surface area contributed by atoms with Crippen LogP contribution in [0.5, 0.6) is 0 Å². The second-order valence-corrected chi connectivity index (χ2v) is 4.93. The predicted molar refractivity (Wildman–Crippen MR) is 84.7 cm³/mol. The van der Waals surface area contributed by atoms with E-state index in [1.54, 1.807) is 47.4 Å². The summed E-state index contributed by atoms with van der Waals surface area (Å²) in [4.78, 5) is 16.1. The van der Waals surface area contributed by atoms with Crippen LogP contribution in [0.25, 0.3) is 0 Å². The van der Waals surface area contributed by atoms with E-state index in [-0.39, 0.29) is 5.91 Å². The Hall–Kier alpha value is -3.46. The van der Waals surface area contributed by atoms with Crippen molar-refractivity contribution in [3.63, 3.8) is 0 Å². The van der Waals surface area contributed by atoms with Crippen LogP contribution in [-0.2, 0) is 6.54 Å².